The fourth-order valence-corrected chi connectivity index (χ4v) is 7.64. The average molecular weight is 395 g/mol. The van der Waals surface area contributed by atoms with E-state index in [4.69, 9.17) is 0 Å². The Kier molecular flexibility index (Phi) is 5.75. The van der Waals surface area contributed by atoms with E-state index in [2.05, 4.69) is 52.0 Å². The molecular formula is C28H42O. The molecule has 4 aliphatic carbocycles. The van der Waals surface area contributed by atoms with Gasteiger partial charge >= 0.3 is 0 Å². The number of aliphatic hydroxyl groups is 1. The molecule has 0 unspecified atom stereocenters. The summed E-state index contributed by atoms with van der Waals surface area (Å²) >= 11 is 0. The predicted molar refractivity (Wildman–Crippen MR) is 124 cm³/mol. The molecule has 3 saturated carbocycles. The Balaban J connectivity index is 1.57. The molecule has 0 spiro atoms. The molecule has 6 atom stereocenters. The second-order valence-electron chi connectivity index (χ2n) is 11.2. The summed E-state index contributed by atoms with van der Waals surface area (Å²) in [4.78, 5) is 0. The first-order chi connectivity index (χ1) is 13.8. The molecule has 0 amide bonds. The summed E-state index contributed by atoms with van der Waals surface area (Å²) in [7, 11) is 0. The van der Waals surface area contributed by atoms with E-state index in [0.29, 0.717) is 16.7 Å². The molecule has 160 valence electrons. The lowest BCUT2D eigenvalue weighted by molar-refractivity contribution is 0.0576. The second kappa shape index (κ2) is 7.88. The molecule has 0 bridgehead atoms. The predicted octanol–water partition coefficient (Wildman–Crippen LogP) is 7.40. The summed E-state index contributed by atoms with van der Waals surface area (Å²) in [5.74, 6) is 2.97. The molecule has 0 aromatic carbocycles. The summed E-state index contributed by atoms with van der Waals surface area (Å²) in [6, 6.07) is 0. The maximum atomic E-state index is 9.39. The van der Waals surface area contributed by atoms with Gasteiger partial charge in [0.2, 0.25) is 0 Å². The van der Waals surface area contributed by atoms with Crippen molar-refractivity contribution in [3.05, 3.63) is 46.6 Å². The zero-order valence-electron chi connectivity index (χ0n) is 19.4. The normalized spacial score (nSPS) is 41.1. The summed E-state index contributed by atoms with van der Waals surface area (Å²) < 4.78 is 0. The minimum Gasteiger partial charge on any atom is -0.392 e. The van der Waals surface area contributed by atoms with Crippen molar-refractivity contribution in [1.29, 1.82) is 0 Å². The zero-order valence-corrected chi connectivity index (χ0v) is 19.4. The van der Waals surface area contributed by atoms with Crippen LogP contribution in [0.4, 0.5) is 0 Å². The lowest BCUT2D eigenvalue weighted by Crippen LogP contribution is -2.45. The van der Waals surface area contributed by atoms with E-state index in [-0.39, 0.29) is 6.61 Å². The van der Waals surface area contributed by atoms with Crippen LogP contribution < -0.4 is 0 Å². The van der Waals surface area contributed by atoms with Gasteiger partial charge in [0.1, 0.15) is 0 Å². The minimum absolute atomic E-state index is 0.164. The van der Waals surface area contributed by atoms with Crippen molar-refractivity contribution in [2.75, 3.05) is 6.61 Å². The van der Waals surface area contributed by atoms with Gasteiger partial charge in [0.25, 0.3) is 0 Å². The lowest BCUT2D eigenvalue weighted by atomic mass is 9.50. The molecule has 0 aromatic heterocycles. The van der Waals surface area contributed by atoms with Crippen molar-refractivity contribution in [3.63, 3.8) is 0 Å². The molecule has 1 heteroatoms. The number of hydrogen-bond acceptors (Lipinski definition) is 1. The molecule has 0 heterocycles. The largest absolute Gasteiger partial charge is 0.392 e. The molecule has 1 N–H and O–H groups in total. The zero-order chi connectivity index (χ0) is 20.8. The van der Waals surface area contributed by atoms with Gasteiger partial charge in [0.15, 0.2) is 0 Å². The van der Waals surface area contributed by atoms with Crippen molar-refractivity contribution >= 4 is 0 Å². The molecular weight excluding hydrogens is 352 g/mol. The second-order valence-corrected chi connectivity index (χ2v) is 11.2. The van der Waals surface area contributed by atoms with Crippen LogP contribution >= 0.6 is 0 Å². The van der Waals surface area contributed by atoms with E-state index in [1.165, 1.54) is 56.9 Å². The molecule has 0 aliphatic heterocycles. The van der Waals surface area contributed by atoms with Crippen molar-refractivity contribution in [2.24, 2.45) is 34.5 Å². The van der Waals surface area contributed by atoms with Crippen LogP contribution in [0.1, 0.15) is 86.0 Å². The SMILES string of the molecule is CC(C=C[C@@H](C)[C@H]1CC[C@H]2C3=CC=C4CCCC[C@]4(C)[C@H]3CC[C@]12C)=C(C)CO. The van der Waals surface area contributed by atoms with Crippen LogP contribution in [0, 0.1) is 34.5 Å². The third-order valence-electron chi connectivity index (χ3n) is 9.75. The van der Waals surface area contributed by atoms with E-state index in [1.807, 2.05) is 12.5 Å². The Hall–Kier alpha value is -1.08. The quantitative estimate of drug-likeness (QED) is 0.493. The summed E-state index contributed by atoms with van der Waals surface area (Å²) in [6.45, 7) is 12.0. The minimum atomic E-state index is 0.164. The highest BCUT2D eigenvalue weighted by molar-refractivity contribution is 5.38. The van der Waals surface area contributed by atoms with Crippen LogP contribution in [-0.2, 0) is 0 Å². The van der Waals surface area contributed by atoms with Crippen LogP contribution in [0.25, 0.3) is 0 Å². The molecule has 0 saturated heterocycles. The van der Waals surface area contributed by atoms with Crippen LogP contribution in [0.15, 0.2) is 46.6 Å². The molecule has 4 aliphatic rings. The maximum absolute atomic E-state index is 9.39. The average Bonchev–Trinajstić information content (AvgIpc) is 3.08. The van der Waals surface area contributed by atoms with E-state index in [0.717, 1.165) is 23.3 Å². The summed E-state index contributed by atoms with van der Waals surface area (Å²) in [5, 5.41) is 9.39. The van der Waals surface area contributed by atoms with Crippen molar-refractivity contribution < 1.29 is 5.11 Å². The highest BCUT2D eigenvalue weighted by Gasteiger charge is 2.56. The van der Waals surface area contributed by atoms with E-state index in [1.54, 1.807) is 5.57 Å². The van der Waals surface area contributed by atoms with Crippen molar-refractivity contribution in [1.82, 2.24) is 0 Å². The Bertz CT molecular complexity index is 765. The summed E-state index contributed by atoms with van der Waals surface area (Å²) in [5.41, 5.74) is 6.79. The molecule has 29 heavy (non-hydrogen) atoms. The first-order valence-corrected chi connectivity index (χ1v) is 12.2. The Labute approximate surface area is 179 Å². The number of hydrogen-bond donors (Lipinski definition) is 1. The van der Waals surface area contributed by atoms with Gasteiger partial charge in [0, 0.05) is 0 Å². The molecule has 0 radical (unpaired) electrons. The fraction of sp³-hybridized carbons (Fsp3) is 0.714. The molecule has 4 rings (SSSR count). The van der Waals surface area contributed by atoms with Crippen LogP contribution in [0.3, 0.4) is 0 Å². The Morgan fingerprint density at radius 1 is 1.10 bits per heavy atom. The molecule has 0 aromatic rings. The van der Waals surface area contributed by atoms with E-state index >= 15 is 0 Å². The third kappa shape index (κ3) is 3.42. The highest BCUT2D eigenvalue weighted by Crippen LogP contribution is 2.65. The van der Waals surface area contributed by atoms with Gasteiger partial charge in [-0.1, -0.05) is 68.2 Å². The first kappa shape index (κ1) is 21.2. The van der Waals surface area contributed by atoms with Gasteiger partial charge in [-0.3, -0.25) is 0 Å². The van der Waals surface area contributed by atoms with E-state index < -0.39 is 0 Å². The van der Waals surface area contributed by atoms with Crippen molar-refractivity contribution in [3.8, 4) is 0 Å². The van der Waals surface area contributed by atoms with Crippen molar-refractivity contribution in [2.45, 2.75) is 86.0 Å². The monoisotopic (exact) mass is 394 g/mol. The summed E-state index contributed by atoms with van der Waals surface area (Å²) in [6.07, 6.45) is 20.9. The first-order valence-electron chi connectivity index (χ1n) is 12.2. The number of aliphatic hydroxyl groups excluding tert-OH is 1. The molecule has 3 fully saturated rings. The maximum Gasteiger partial charge on any atom is 0.0644 e. The number of rotatable bonds is 4. The third-order valence-corrected chi connectivity index (χ3v) is 9.75. The van der Waals surface area contributed by atoms with Gasteiger partial charge < -0.3 is 5.11 Å². The van der Waals surface area contributed by atoms with Crippen LogP contribution in [0.5, 0.6) is 0 Å². The number of fused-ring (bicyclic) bond motifs is 5. The lowest BCUT2D eigenvalue weighted by Gasteiger charge is -2.54. The van der Waals surface area contributed by atoms with E-state index in [9.17, 15) is 5.11 Å². The topological polar surface area (TPSA) is 20.2 Å². The van der Waals surface area contributed by atoms with Gasteiger partial charge in [-0.15, -0.1) is 0 Å². The smallest absolute Gasteiger partial charge is 0.0644 e. The van der Waals surface area contributed by atoms with Gasteiger partial charge in [-0.25, -0.2) is 0 Å². The number of allylic oxidation sites excluding steroid dienone is 7. The Morgan fingerprint density at radius 3 is 2.66 bits per heavy atom. The van der Waals surface area contributed by atoms with Gasteiger partial charge in [0.05, 0.1) is 6.61 Å². The van der Waals surface area contributed by atoms with Crippen LogP contribution in [0.2, 0.25) is 0 Å². The fourth-order valence-electron chi connectivity index (χ4n) is 7.64. The standard InChI is InChI=1S/C28H42O/c1-19(21(3)18-29)9-10-20(2)24-13-14-25-23-12-11-22-8-6-7-16-27(22,4)26(23)15-17-28(24,25)5/h9-12,20,24-26,29H,6-8,13-18H2,1-5H3/t20-,24-,25+,26+,27+,28-/m1/s1. The van der Waals surface area contributed by atoms with Crippen LogP contribution in [-0.4, -0.2) is 11.7 Å². The highest BCUT2D eigenvalue weighted by atomic mass is 16.3. The Morgan fingerprint density at radius 2 is 1.90 bits per heavy atom. The molecule has 1 nitrogen and oxygen atoms in total. The van der Waals surface area contributed by atoms with Gasteiger partial charge in [-0.05, 0) is 98.9 Å². The van der Waals surface area contributed by atoms with Gasteiger partial charge in [-0.2, -0.15) is 0 Å².